The molecule has 0 atom stereocenters. The molecule has 3 aromatic rings. The van der Waals surface area contributed by atoms with E-state index in [0.29, 0.717) is 12.3 Å². The number of anilines is 1. The molecule has 2 aliphatic rings. The van der Waals surface area contributed by atoms with Crippen LogP contribution in [0.3, 0.4) is 0 Å². The molecule has 29 heavy (non-hydrogen) atoms. The lowest BCUT2D eigenvalue weighted by Crippen LogP contribution is -2.32. The summed E-state index contributed by atoms with van der Waals surface area (Å²) in [7, 11) is 0. The summed E-state index contributed by atoms with van der Waals surface area (Å²) < 4.78 is 11.7. The summed E-state index contributed by atoms with van der Waals surface area (Å²) >= 11 is 0. The van der Waals surface area contributed by atoms with Crippen molar-refractivity contribution in [2.45, 2.75) is 44.8 Å². The zero-order valence-corrected chi connectivity index (χ0v) is 16.5. The van der Waals surface area contributed by atoms with Crippen molar-refractivity contribution >= 4 is 22.4 Å². The van der Waals surface area contributed by atoms with Crippen molar-refractivity contribution in [3.05, 3.63) is 71.8 Å². The Balaban J connectivity index is 1.32. The molecule has 1 fully saturated rings. The van der Waals surface area contributed by atoms with Gasteiger partial charge in [-0.25, -0.2) is 4.79 Å². The van der Waals surface area contributed by atoms with E-state index in [1.54, 1.807) is 0 Å². The van der Waals surface area contributed by atoms with Gasteiger partial charge >= 0.3 is 5.97 Å². The van der Waals surface area contributed by atoms with Gasteiger partial charge in [-0.05, 0) is 66.8 Å². The highest BCUT2D eigenvalue weighted by molar-refractivity contribution is 5.90. The van der Waals surface area contributed by atoms with Gasteiger partial charge in [0, 0.05) is 11.3 Å². The zero-order valence-electron chi connectivity index (χ0n) is 16.5. The van der Waals surface area contributed by atoms with E-state index in [-0.39, 0.29) is 12.1 Å². The fourth-order valence-electron chi connectivity index (χ4n) is 4.37. The maximum atomic E-state index is 12.5. The summed E-state index contributed by atoms with van der Waals surface area (Å²) in [5, 5.41) is 2.44. The number of carbonyl (C=O) groups excluding carboxylic acids is 1. The smallest absolute Gasteiger partial charge is 0.338 e. The Kier molecular flexibility index (Phi) is 4.84. The largest absolute Gasteiger partial charge is 0.473 e. The van der Waals surface area contributed by atoms with E-state index in [1.807, 2.05) is 24.3 Å². The molecule has 0 amide bonds. The van der Waals surface area contributed by atoms with Crippen LogP contribution < -0.4 is 9.64 Å². The minimum Gasteiger partial charge on any atom is -0.473 e. The first kappa shape index (κ1) is 18.0. The molecule has 0 unspecified atom stereocenters. The molecule has 0 aromatic heterocycles. The van der Waals surface area contributed by atoms with Gasteiger partial charge in [-0.1, -0.05) is 36.8 Å². The number of hydrogen-bond acceptors (Lipinski definition) is 4. The van der Waals surface area contributed by atoms with Crippen molar-refractivity contribution in [1.29, 1.82) is 0 Å². The van der Waals surface area contributed by atoms with Crippen LogP contribution in [0, 0.1) is 0 Å². The Labute approximate surface area is 171 Å². The molecule has 0 saturated heterocycles. The average Bonchev–Trinajstić information content (AvgIpc) is 2.79. The van der Waals surface area contributed by atoms with Gasteiger partial charge < -0.3 is 14.4 Å². The summed E-state index contributed by atoms with van der Waals surface area (Å²) in [4.78, 5) is 14.6. The predicted molar refractivity (Wildman–Crippen MR) is 114 cm³/mol. The van der Waals surface area contributed by atoms with E-state index >= 15 is 0 Å². The molecular formula is C25H25NO3. The SMILES string of the molecule is O=C(OC1CCCCC1)c1ccc(N2COc3ccc4ccccc4c3C2)cc1. The first-order valence-corrected chi connectivity index (χ1v) is 10.5. The lowest BCUT2D eigenvalue weighted by atomic mass is 9.98. The van der Waals surface area contributed by atoms with E-state index in [0.717, 1.165) is 43.7 Å². The minimum atomic E-state index is -0.213. The second kappa shape index (κ2) is 7.78. The van der Waals surface area contributed by atoms with Crippen LogP contribution in [0.2, 0.25) is 0 Å². The number of rotatable bonds is 3. The number of fused-ring (bicyclic) bond motifs is 3. The van der Waals surface area contributed by atoms with Crippen molar-refractivity contribution in [1.82, 2.24) is 0 Å². The zero-order chi connectivity index (χ0) is 19.6. The van der Waals surface area contributed by atoms with Crippen molar-refractivity contribution in [3.8, 4) is 5.75 Å². The van der Waals surface area contributed by atoms with Gasteiger partial charge in [0.25, 0.3) is 0 Å². The third-order valence-corrected chi connectivity index (χ3v) is 6.02. The molecule has 1 heterocycles. The van der Waals surface area contributed by atoms with E-state index in [2.05, 4.69) is 41.3 Å². The van der Waals surface area contributed by atoms with Crippen LogP contribution in [0.4, 0.5) is 5.69 Å². The monoisotopic (exact) mass is 387 g/mol. The van der Waals surface area contributed by atoms with Gasteiger partial charge in [0.15, 0.2) is 6.73 Å². The van der Waals surface area contributed by atoms with Crippen LogP contribution in [-0.2, 0) is 11.3 Å². The van der Waals surface area contributed by atoms with Crippen LogP contribution in [0.25, 0.3) is 10.8 Å². The number of benzene rings is 3. The summed E-state index contributed by atoms with van der Waals surface area (Å²) in [5.74, 6) is 0.738. The topological polar surface area (TPSA) is 38.8 Å². The fraction of sp³-hybridized carbons (Fsp3) is 0.320. The van der Waals surface area contributed by atoms with E-state index in [1.165, 1.54) is 22.8 Å². The molecule has 0 spiro atoms. The van der Waals surface area contributed by atoms with Crippen LogP contribution in [-0.4, -0.2) is 18.8 Å². The van der Waals surface area contributed by atoms with E-state index in [9.17, 15) is 4.79 Å². The second-order valence-corrected chi connectivity index (χ2v) is 7.95. The molecule has 5 rings (SSSR count). The van der Waals surface area contributed by atoms with E-state index < -0.39 is 0 Å². The average molecular weight is 387 g/mol. The Morgan fingerprint density at radius 2 is 1.72 bits per heavy atom. The molecule has 4 heteroatoms. The number of ether oxygens (including phenoxy) is 2. The molecule has 0 N–H and O–H groups in total. The van der Waals surface area contributed by atoms with Crippen LogP contribution >= 0.6 is 0 Å². The molecule has 4 nitrogen and oxygen atoms in total. The van der Waals surface area contributed by atoms with Crippen molar-refractivity contribution < 1.29 is 14.3 Å². The predicted octanol–water partition coefficient (Wildman–Crippen LogP) is 5.69. The molecule has 0 radical (unpaired) electrons. The third-order valence-electron chi connectivity index (χ3n) is 6.02. The van der Waals surface area contributed by atoms with Gasteiger partial charge in [-0.3, -0.25) is 0 Å². The lowest BCUT2D eigenvalue weighted by molar-refractivity contribution is 0.0211. The minimum absolute atomic E-state index is 0.0798. The highest BCUT2D eigenvalue weighted by Crippen LogP contribution is 2.34. The van der Waals surface area contributed by atoms with Gasteiger partial charge in [0.1, 0.15) is 11.9 Å². The van der Waals surface area contributed by atoms with Crippen molar-refractivity contribution in [2.75, 3.05) is 11.6 Å². The number of hydrogen-bond donors (Lipinski definition) is 0. The molecule has 3 aromatic carbocycles. The van der Waals surface area contributed by atoms with E-state index in [4.69, 9.17) is 9.47 Å². The summed E-state index contributed by atoms with van der Waals surface area (Å²) in [6.07, 6.45) is 5.62. The second-order valence-electron chi connectivity index (χ2n) is 7.95. The normalized spacial score (nSPS) is 16.9. The fourth-order valence-corrected chi connectivity index (χ4v) is 4.37. The van der Waals surface area contributed by atoms with Crippen LogP contribution in [0.1, 0.15) is 48.0 Å². The lowest BCUT2D eigenvalue weighted by Gasteiger charge is -2.31. The Hall–Kier alpha value is -3.01. The number of carbonyl (C=O) groups is 1. The quantitative estimate of drug-likeness (QED) is 0.542. The molecule has 1 aliphatic heterocycles. The first-order valence-electron chi connectivity index (χ1n) is 10.5. The maximum absolute atomic E-state index is 12.5. The Bertz CT molecular complexity index is 1020. The molecule has 0 bridgehead atoms. The highest BCUT2D eigenvalue weighted by Gasteiger charge is 2.21. The van der Waals surface area contributed by atoms with Crippen LogP contribution in [0.5, 0.6) is 5.75 Å². The van der Waals surface area contributed by atoms with Gasteiger partial charge in [-0.2, -0.15) is 0 Å². The molecule has 1 saturated carbocycles. The molecule has 148 valence electrons. The third kappa shape index (κ3) is 3.67. The molecular weight excluding hydrogens is 362 g/mol. The summed E-state index contributed by atoms with van der Waals surface area (Å²) in [6, 6.07) is 20.2. The summed E-state index contributed by atoms with van der Waals surface area (Å²) in [5.41, 5.74) is 2.86. The highest BCUT2D eigenvalue weighted by atomic mass is 16.5. The maximum Gasteiger partial charge on any atom is 0.338 e. The van der Waals surface area contributed by atoms with Crippen molar-refractivity contribution in [2.24, 2.45) is 0 Å². The summed E-state index contributed by atoms with van der Waals surface area (Å²) in [6.45, 7) is 1.28. The van der Waals surface area contributed by atoms with Gasteiger partial charge in [0.05, 0.1) is 12.1 Å². The molecule has 1 aliphatic carbocycles. The van der Waals surface area contributed by atoms with Gasteiger partial charge in [0.2, 0.25) is 0 Å². The first-order chi connectivity index (χ1) is 14.3. The standard InChI is InChI=1S/C25H25NO3/c27-25(29-21-7-2-1-3-8-21)19-10-13-20(14-11-19)26-16-23-22-9-5-4-6-18(22)12-15-24(23)28-17-26/h4-6,9-15,21H,1-3,7-8,16-17H2. The Morgan fingerprint density at radius 1 is 0.931 bits per heavy atom. The van der Waals surface area contributed by atoms with Gasteiger partial charge in [-0.15, -0.1) is 0 Å². The Morgan fingerprint density at radius 3 is 2.55 bits per heavy atom. The number of esters is 1. The van der Waals surface area contributed by atoms with Crippen LogP contribution in [0.15, 0.2) is 60.7 Å². The number of nitrogens with zero attached hydrogens (tertiary/aromatic N) is 1. The van der Waals surface area contributed by atoms with Crippen molar-refractivity contribution in [3.63, 3.8) is 0 Å².